The molecule has 2 nitrogen and oxygen atoms in total. The minimum Gasteiger partial charge on any atom is -0.218 e. The molecule has 0 spiro atoms. The van der Waals surface area contributed by atoms with Crippen molar-refractivity contribution in [2.75, 3.05) is 0 Å². The van der Waals surface area contributed by atoms with Gasteiger partial charge in [0.15, 0.2) is 0 Å². The van der Waals surface area contributed by atoms with E-state index < -0.39 is 9.84 Å². The normalized spacial score (nSPS) is 23.3. The first kappa shape index (κ1) is 10.2. The first-order chi connectivity index (χ1) is 7.12. The van der Waals surface area contributed by atoms with Gasteiger partial charge in [0.2, 0.25) is 9.84 Å². The summed E-state index contributed by atoms with van der Waals surface area (Å²) in [5.41, 5.74) is 1.63. The zero-order chi connectivity index (χ0) is 11.1. The maximum Gasteiger partial charge on any atom is 0.207 e. The van der Waals surface area contributed by atoms with Crippen molar-refractivity contribution < 1.29 is 8.42 Å². The highest BCUT2D eigenvalue weighted by Crippen LogP contribution is 2.42. The standard InChI is InChI=1S/C12H12O2S/c1-3-9-10-7-5-6-8-12(10)15(13,14)11(9)4-2/h3-8H,1-2H3/b9-3?,11-4+. The second kappa shape index (κ2) is 3.35. The van der Waals surface area contributed by atoms with E-state index in [-0.39, 0.29) is 0 Å². The molecule has 0 atom stereocenters. The highest BCUT2D eigenvalue weighted by Gasteiger charge is 2.34. The fourth-order valence-corrected chi connectivity index (χ4v) is 3.72. The molecule has 15 heavy (non-hydrogen) atoms. The average molecular weight is 220 g/mol. The number of benzene rings is 1. The van der Waals surface area contributed by atoms with Gasteiger partial charge in [-0.2, -0.15) is 0 Å². The Bertz CT molecular complexity index is 563. The number of rotatable bonds is 0. The third kappa shape index (κ3) is 1.27. The molecule has 0 aliphatic carbocycles. The summed E-state index contributed by atoms with van der Waals surface area (Å²) in [6, 6.07) is 7.11. The van der Waals surface area contributed by atoms with E-state index >= 15 is 0 Å². The van der Waals surface area contributed by atoms with Gasteiger partial charge in [0.05, 0.1) is 9.80 Å². The van der Waals surface area contributed by atoms with Gasteiger partial charge in [-0.25, -0.2) is 8.42 Å². The van der Waals surface area contributed by atoms with Crippen molar-refractivity contribution in [2.24, 2.45) is 0 Å². The van der Waals surface area contributed by atoms with Crippen LogP contribution in [0, 0.1) is 0 Å². The largest absolute Gasteiger partial charge is 0.218 e. The molecule has 1 heterocycles. The molecule has 2 rings (SSSR count). The Morgan fingerprint density at radius 2 is 1.73 bits per heavy atom. The molecule has 0 N–H and O–H groups in total. The van der Waals surface area contributed by atoms with Crippen LogP contribution in [0.4, 0.5) is 0 Å². The van der Waals surface area contributed by atoms with Gasteiger partial charge < -0.3 is 0 Å². The zero-order valence-corrected chi connectivity index (χ0v) is 9.51. The molecule has 1 aromatic rings. The topological polar surface area (TPSA) is 34.1 Å². The van der Waals surface area contributed by atoms with Crippen LogP contribution in [0.25, 0.3) is 5.57 Å². The van der Waals surface area contributed by atoms with Gasteiger partial charge >= 0.3 is 0 Å². The third-order valence-electron chi connectivity index (χ3n) is 2.57. The highest BCUT2D eigenvalue weighted by molar-refractivity contribution is 7.96. The lowest BCUT2D eigenvalue weighted by atomic mass is 10.1. The summed E-state index contributed by atoms with van der Waals surface area (Å²) in [6.45, 7) is 3.61. The van der Waals surface area contributed by atoms with Crippen LogP contribution in [0.15, 0.2) is 46.2 Å². The summed E-state index contributed by atoms with van der Waals surface area (Å²) < 4.78 is 24.2. The van der Waals surface area contributed by atoms with Gasteiger partial charge in [0.25, 0.3) is 0 Å². The lowest BCUT2D eigenvalue weighted by Gasteiger charge is -1.97. The van der Waals surface area contributed by atoms with E-state index in [0.29, 0.717) is 9.80 Å². The molecule has 1 aliphatic heterocycles. The van der Waals surface area contributed by atoms with Gasteiger partial charge in [-0.05, 0) is 25.5 Å². The number of hydrogen-bond donors (Lipinski definition) is 0. The Balaban J connectivity index is 2.89. The molecule has 0 aromatic heterocycles. The summed E-state index contributed by atoms with van der Waals surface area (Å²) in [6.07, 6.45) is 3.50. The summed E-state index contributed by atoms with van der Waals surface area (Å²) in [5.74, 6) is 0. The quantitative estimate of drug-likeness (QED) is 0.673. The number of sulfone groups is 1. The van der Waals surface area contributed by atoms with Gasteiger partial charge in [-0.15, -0.1) is 0 Å². The zero-order valence-electron chi connectivity index (χ0n) is 8.69. The molecule has 78 valence electrons. The Hall–Kier alpha value is -1.35. The average Bonchev–Trinajstić information content (AvgIpc) is 2.46. The summed E-state index contributed by atoms with van der Waals surface area (Å²) in [4.78, 5) is 0.845. The van der Waals surface area contributed by atoms with Crippen molar-refractivity contribution in [3.8, 4) is 0 Å². The van der Waals surface area contributed by atoms with Crippen LogP contribution >= 0.6 is 0 Å². The molecule has 0 fully saturated rings. The minimum absolute atomic E-state index is 0.422. The van der Waals surface area contributed by atoms with E-state index in [9.17, 15) is 8.42 Å². The van der Waals surface area contributed by atoms with Crippen LogP contribution in [-0.2, 0) is 9.84 Å². The highest BCUT2D eigenvalue weighted by atomic mass is 32.2. The SMILES string of the molecule is CC=C1/C(=C\C)S(=O)(=O)c2ccccc21. The molecule has 0 saturated heterocycles. The summed E-state index contributed by atoms with van der Waals surface area (Å²) in [7, 11) is -3.26. The molecule has 0 radical (unpaired) electrons. The lowest BCUT2D eigenvalue weighted by Crippen LogP contribution is -1.96. The smallest absolute Gasteiger partial charge is 0.207 e. The molecule has 1 aliphatic rings. The van der Waals surface area contributed by atoms with Gasteiger partial charge in [-0.1, -0.05) is 30.4 Å². The fraction of sp³-hybridized carbons (Fsp3) is 0.167. The second-order valence-corrected chi connectivity index (χ2v) is 5.24. The third-order valence-corrected chi connectivity index (χ3v) is 4.54. The van der Waals surface area contributed by atoms with Gasteiger partial charge in [-0.3, -0.25) is 0 Å². The fourth-order valence-electron chi connectivity index (χ4n) is 1.93. The first-order valence-electron chi connectivity index (χ1n) is 4.80. The van der Waals surface area contributed by atoms with E-state index in [1.54, 1.807) is 25.1 Å². The Labute approximate surface area is 89.9 Å². The molecular weight excluding hydrogens is 208 g/mol. The lowest BCUT2D eigenvalue weighted by molar-refractivity contribution is 0.604. The van der Waals surface area contributed by atoms with Gasteiger partial charge in [0.1, 0.15) is 0 Å². The molecule has 1 aromatic carbocycles. The van der Waals surface area contributed by atoms with Crippen molar-refractivity contribution in [3.05, 3.63) is 46.9 Å². The monoisotopic (exact) mass is 220 g/mol. The molecule has 3 heteroatoms. The van der Waals surface area contributed by atoms with Crippen LogP contribution in [-0.4, -0.2) is 8.42 Å². The van der Waals surface area contributed by atoms with Crippen molar-refractivity contribution in [3.63, 3.8) is 0 Å². The van der Waals surface area contributed by atoms with E-state index in [4.69, 9.17) is 0 Å². The number of fused-ring (bicyclic) bond motifs is 1. The van der Waals surface area contributed by atoms with Crippen molar-refractivity contribution >= 4 is 15.4 Å². The van der Waals surface area contributed by atoms with Crippen LogP contribution in [0.3, 0.4) is 0 Å². The van der Waals surface area contributed by atoms with E-state index in [2.05, 4.69) is 0 Å². The predicted molar refractivity (Wildman–Crippen MR) is 61.0 cm³/mol. The molecular formula is C12H12O2S. The number of hydrogen-bond acceptors (Lipinski definition) is 2. The van der Waals surface area contributed by atoms with Crippen LogP contribution in [0.2, 0.25) is 0 Å². The predicted octanol–water partition coefficient (Wildman–Crippen LogP) is 2.78. The van der Waals surface area contributed by atoms with E-state index in [1.807, 2.05) is 25.1 Å². The summed E-state index contributed by atoms with van der Waals surface area (Å²) in [5, 5.41) is 0. The minimum atomic E-state index is -3.26. The molecule has 0 saturated carbocycles. The van der Waals surface area contributed by atoms with Crippen LogP contribution in [0.1, 0.15) is 19.4 Å². The van der Waals surface area contributed by atoms with Crippen LogP contribution in [0.5, 0.6) is 0 Å². The number of allylic oxidation sites excluding steroid dienone is 3. The Kier molecular flexibility index (Phi) is 2.27. The van der Waals surface area contributed by atoms with Crippen molar-refractivity contribution in [1.82, 2.24) is 0 Å². The van der Waals surface area contributed by atoms with Crippen molar-refractivity contribution in [1.29, 1.82) is 0 Å². The van der Waals surface area contributed by atoms with Gasteiger partial charge in [0, 0.05) is 5.56 Å². The second-order valence-electron chi connectivity index (χ2n) is 3.35. The van der Waals surface area contributed by atoms with E-state index in [0.717, 1.165) is 11.1 Å². The maximum atomic E-state index is 12.1. The first-order valence-corrected chi connectivity index (χ1v) is 6.28. The molecule has 0 amide bonds. The molecule has 0 unspecified atom stereocenters. The van der Waals surface area contributed by atoms with Crippen molar-refractivity contribution in [2.45, 2.75) is 18.7 Å². The maximum absolute atomic E-state index is 12.1. The van der Waals surface area contributed by atoms with Crippen LogP contribution < -0.4 is 0 Å². The van der Waals surface area contributed by atoms with E-state index in [1.165, 1.54) is 0 Å². The Morgan fingerprint density at radius 3 is 2.33 bits per heavy atom. The summed E-state index contributed by atoms with van der Waals surface area (Å²) >= 11 is 0. The molecule has 0 bridgehead atoms. The Morgan fingerprint density at radius 1 is 1.07 bits per heavy atom.